The molecule has 1 aliphatic rings. The Morgan fingerprint density at radius 3 is 2.91 bits per heavy atom. The van der Waals surface area contributed by atoms with Crippen LogP contribution < -0.4 is 14.3 Å². The van der Waals surface area contributed by atoms with Crippen LogP contribution in [0, 0.1) is 0 Å². The first kappa shape index (κ1) is 16.2. The smallest absolute Gasteiger partial charge is 0.277 e. The summed E-state index contributed by atoms with van der Waals surface area (Å²) in [7, 11) is -1.41. The Bertz CT molecular complexity index is 768. The number of aromatic nitrogens is 3. The van der Waals surface area contributed by atoms with Crippen molar-refractivity contribution in [1.82, 2.24) is 24.4 Å². The molecule has 126 valence electrons. The molecule has 0 spiro atoms. The number of aromatic amines is 1. The first-order chi connectivity index (χ1) is 11.0. The minimum Gasteiger partial charge on any atom is -0.356 e. The number of nitrogens with one attached hydrogen (secondary N) is 3. The van der Waals surface area contributed by atoms with E-state index < -0.39 is 10.2 Å². The Balaban J connectivity index is 1.60. The molecule has 0 saturated heterocycles. The van der Waals surface area contributed by atoms with Gasteiger partial charge in [-0.3, -0.25) is 0 Å². The van der Waals surface area contributed by atoms with E-state index in [4.69, 9.17) is 0 Å². The van der Waals surface area contributed by atoms with Gasteiger partial charge < -0.3 is 9.88 Å². The molecule has 0 bridgehead atoms. The Morgan fingerprint density at radius 1 is 1.39 bits per heavy atom. The van der Waals surface area contributed by atoms with Crippen LogP contribution in [-0.4, -0.2) is 49.0 Å². The molecule has 0 unspecified atom stereocenters. The lowest BCUT2D eigenvalue weighted by Crippen LogP contribution is -2.55. The molecule has 2 heterocycles. The van der Waals surface area contributed by atoms with Crippen molar-refractivity contribution in [1.29, 1.82) is 0 Å². The third kappa shape index (κ3) is 3.46. The molecule has 1 fully saturated rings. The largest absolute Gasteiger partial charge is 0.356 e. The second-order valence-corrected chi connectivity index (χ2v) is 7.42. The summed E-state index contributed by atoms with van der Waals surface area (Å²) >= 11 is 0. The van der Waals surface area contributed by atoms with Crippen molar-refractivity contribution in [3.8, 4) is 0 Å². The van der Waals surface area contributed by atoms with Crippen LogP contribution in [0.2, 0.25) is 0 Å². The summed E-state index contributed by atoms with van der Waals surface area (Å²) in [4.78, 5) is 13.7. The summed E-state index contributed by atoms with van der Waals surface area (Å²) in [6.45, 7) is 2.39. The van der Waals surface area contributed by atoms with E-state index in [2.05, 4.69) is 29.3 Å². The van der Waals surface area contributed by atoms with E-state index in [1.165, 1.54) is 6.33 Å². The Hall–Kier alpha value is -1.71. The summed E-state index contributed by atoms with van der Waals surface area (Å²) in [5.74, 6) is 0.867. The van der Waals surface area contributed by atoms with Crippen molar-refractivity contribution >= 4 is 27.1 Å². The number of anilines is 1. The van der Waals surface area contributed by atoms with Gasteiger partial charge in [0.05, 0.1) is 5.39 Å². The highest BCUT2D eigenvalue weighted by atomic mass is 32.2. The van der Waals surface area contributed by atoms with E-state index in [1.54, 1.807) is 0 Å². The van der Waals surface area contributed by atoms with Crippen molar-refractivity contribution in [2.24, 2.45) is 0 Å². The molecule has 9 heteroatoms. The average molecular weight is 338 g/mol. The quantitative estimate of drug-likeness (QED) is 0.691. The predicted octanol–water partition coefficient (Wildman–Crippen LogP) is 0.759. The zero-order valence-electron chi connectivity index (χ0n) is 13.3. The second kappa shape index (κ2) is 6.42. The molecule has 8 nitrogen and oxygen atoms in total. The lowest BCUT2D eigenvalue weighted by molar-refractivity contribution is 0.315. The third-order valence-electron chi connectivity index (χ3n) is 4.19. The number of H-pyrrole nitrogens is 1. The number of hydrogen-bond donors (Lipinski definition) is 3. The molecule has 0 atom stereocenters. The van der Waals surface area contributed by atoms with Crippen molar-refractivity contribution in [3.63, 3.8) is 0 Å². The number of fused-ring (bicyclic) bond motifs is 1. The maximum Gasteiger partial charge on any atom is 0.277 e. The number of nitrogens with zero attached hydrogens (tertiary/aromatic N) is 3. The summed E-state index contributed by atoms with van der Waals surface area (Å²) in [5.41, 5.74) is 0.808. The van der Waals surface area contributed by atoms with Gasteiger partial charge in [-0.25, -0.2) is 14.7 Å². The topological polar surface area (TPSA) is 103 Å². The first-order valence-corrected chi connectivity index (χ1v) is 9.26. The van der Waals surface area contributed by atoms with E-state index in [1.807, 2.05) is 26.2 Å². The van der Waals surface area contributed by atoms with Gasteiger partial charge in [-0.1, -0.05) is 6.92 Å². The van der Waals surface area contributed by atoms with Gasteiger partial charge in [0.2, 0.25) is 0 Å². The zero-order valence-corrected chi connectivity index (χ0v) is 14.1. The lowest BCUT2D eigenvalue weighted by atomic mass is 9.86. The van der Waals surface area contributed by atoms with Gasteiger partial charge in [-0.15, -0.1) is 0 Å². The summed E-state index contributed by atoms with van der Waals surface area (Å²) < 4.78 is 28.9. The lowest BCUT2D eigenvalue weighted by Gasteiger charge is -2.41. The predicted molar refractivity (Wildman–Crippen MR) is 89.5 cm³/mol. The van der Waals surface area contributed by atoms with Crippen LogP contribution in [0.25, 0.3) is 11.0 Å². The molecule has 23 heavy (non-hydrogen) atoms. The van der Waals surface area contributed by atoms with Crippen molar-refractivity contribution in [2.75, 3.05) is 18.5 Å². The molecular weight excluding hydrogens is 316 g/mol. The van der Waals surface area contributed by atoms with Crippen molar-refractivity contribution < 1.29 is 8.42 Å². The fourth-order valence-corrected chi connectivity index (χ4v) is 4.00. The molecule has 3 rings (SSSR count). The van der Waals surface area contributed by atoms with Crippen LogP contribution in [0.4, 0.5) is 5.82 Å². The highest BCUT2D eigenvalue weighted by Crippen LogP contribution is 2.31. The standard InChI is InChI=1S/C14H22N6O2S/c1-3-5-18-23(21,22)19-10-7-11(8-10)20(2)14-12-4-6-15-13(12)16-9-17-14/h4,6,9-11,18-19H,3,5,7-8H2,1-2H3,(H,15,16,17). The molecule has 0 aliphatic heterocycles. The molecule has 0 amide bonds. The van der Waals surface area contributed by atoms with Crippen LogP contribution in [0.15, 0.2) is 18.6 Å². The van der Waals surface area contributed by atoms with Crippen LogP contribution in [0.5, 0.6) is 0 Å². The SMILES string of the molecule is CCCNS(=O)(=O)NC1CC(N(C)c2ncnc3[nH]ccc23)C1. The average Bonchev–Trinajstić information content (AvgIpc) is 2.96. The minimum atomic E-state index is -3.39. The zero-order chi connectivity index (χ0) is 16.4. The number of rotatable bonds is 7. The van der Waals surface area contributed by atoms with E-state index in [-0.39, 0.29) is 12.1 Å². The summed E-state index contributed by atoms with van der Waals surface area (Å²) in [6.07, 6.45) is 5.68. The third-order valence-corrected chi connectivity index (χ3v) is 5.42. The fraction of sp³-hybridized carbons (Fsp3) is 0.571. The second-order valence-electron chi connectivity index (χ2n) is 5.89. The van der Waals surface area contributed by atoms with Gasteiger partial charge in [-0.2, -0.15) is 13.1 Å². The van der Waals surface area contributed by atoms with Gasteiger partial charge in [-0.05, 0) is 25.3 Å². The molecule has 0 aromatic carbocycles. The van der Waals surface area contributed by atoms with E-state index in [0.717, 1.165) is 36.1 Å². The number of hydrogen-bond acceptors (Lipinski definition) is 5. The summed E-state index contributed by atoms with van der Waals surface area (Å²) in [6, 6.07) is 2.19. The summed E-state index contributed by atoms with van der Waals surface area (Å²) in [5, 5.41) is 0.976. The van der Waals surface area contributed by atoms with Crippen LogP contribution in [0.1, 0.15) is 26.2 Å². The minimum absolute atomic E-state index is 0.0274. The fourth-order valence-electron chi connectivity index (χ4n) is 2.81. The molecule has 1 aliphatic carbocycles. The van der Waals surface area contributed by atoms with Gasteiger partial charge in [0.25, 0.3) is 10.2 Å². The Morgan fingerprint density at radius 2 is 2.17 bits per heavy atom. The maximum atomic E-state index is 11.8. The van der Waals surface area contributed by atoms with Crippen molar-refractivity contribution in [2.45, 2.75) is 38.3 Å². The van der Waals surface area contributed by atoms with Gasteiger partial charge in [0.15, 0.2) is 0 Å². The van der Waals surface area contributed by atoms with Crippen LogP contribution in [0.3, 0.4) is 0 Å². The molecule has 0 radical (unpaired) electrons. The highest BCUT2D eigenvalue weighted by molar-refractivity contribution is 7.87. The van der Waals surface area contributed by atoms with Crippen LogP contribution in [-0.2, 0) is 10.2 Å². The van der Waals surface area contributed by atoms with Gasteiger partial charge in [0, 0.05) is 31.9 Å². The Kier molecular flexibility index (Phi) is 4.51. The van der Waals surface area contributed by atoms with Crippen LogP contribution >= 0.6 is 0 Å². The van der Waals surface area contributed by atoms with E-state index >= 15 is 0 Å². The first-order valence-electron chi connectivity index (χ1n) is 7.78. The molecule has 2 aromatic heterocycles. The van der Waals surface area contributed by atoms with E-state index in [0.29, 0.717) is 6.54 Å². The molecule has 3 N–H and O–H groups in total. The van der Waals surface area contributed by atoms with Gasteiger partial charge >= 0.3 is 0 Å². The Labute approximate surface area is 135 Å². The molecule has 1 saturated carbocycles. The maximum absolute atomic E-state index is 11.8. The highest BCUT2D eigenvalue weighted by Gasteiger charge is 2.35. The van der Waals surface area contributed by atoms with Gasteiger partial charge in [0.1, 0.15) is 17.8 Å². The molecule has 2 aromatic rings. The van der Waals surface area contributed by atoms with Crippen molar-refractivity contribution in [3.05, 3.63) is 18.6 Å². The monoisotopic (exact) mass is 338 g/mol. The normalized spacial score (nSPS) is 21.3. The van der Waals surface area contributed by atoms with E-state index in [9.17, 15) is 8.42 Å². The molecular formula is C14H22N6O2S.